The molecule has 1 amide bonds. The van der Waals surface area contributed by atoms with E-state index in [1.165, 1.54) is 23.3 Å². The number of ether oxygens (including phenoxy) is 1. The number of nitrogens with zero attached hydrogens (tertiary/aromatic N) is 5. The Hall–Kier alpha value is -1.29. The fraction of sp³-hybridized carbons (Fsp3) is 0.278. The van der Waals surface area contributed by atoms with Crippen LogP contribution in [-0.4, -0.2) is 55.4 Å². The van der Waals surface area contributed by atoms with Crippen molar-refractivity contribution in [1.82, 2.24) is 9.99 Å². The molecular weight excluding hydrogens is 506 g/mol. The van der Waals surface area contributed by atoms with Crippen LogP contribution >= 0.6 is 7.82 Å². The van der Waals surface area contributed by atoms with Gasteiger partial charge in [0.2, 0.25) is 5.96 Å². The van der Waals surface area contributed by atoms with E-state index in [9.17, 15) is 23.5 Å². The zero-order chi connectivity index (χ0) is 24.3. The Balaban J connectivity index is 0.00000306. The van der Waals surface area contributed by atoms with E-state index in [-0.39, 0.29) is 82.9 Å². The molecule has 0 saturated carbocycles. The average molecular weight is 527 g/mol. The van der Waals surface area contributed by atoms with E-state index in [4.69, 9.17) is 16.4 Å². The summed E-state index contributed by atoms with van der Waals surface area (Å²) in [5.41, 5.74) is 0.894. The van der Waals surface area contributed by atoms with Gasteiger partial charge in [0, 0.05) is 31.4 Å². The number of hydrazine groups is 1. The molecule has 1 unspecified atom stereocenters. The summed E-state index contributed by atoms with van der Waals surface area (Å²) in [5.74, 6) is 11.1. The summed E-state index contributed by atoms with van der Waals surface area (Å²) in [6.07, 6.45) is -0.352. The predicted octanol–water partition coefficient (Wildman–Crippen LogP) is -6.46. The molecule has 1 fully saturated rings. The first-order valence-corrected chi connectivity index (χ1v) is 10.9. The predicted molar refractivity (Wildman–Crippen MR) is 113 cm³/mol. The van der Waals surface area contributed by atoms with Crippen molar-refractivity contribution in [2.45, 2.75) is 6.10 Å². The third-order valence-electron chi connectivity index (χ3n) is 4.69. The number of pyridine rings is 1. The molecular formula is C18H21FN7Na2O6P. The fourth-order valence-corrected chi connectivity index (χ4v) is 3.51. The molecule has 0 bridgehead atoms. The Bertz CT molecular complexity index is 1110. The molecule has 178 valence electrons. The standard InChI is InChI=1S/C18H23FN7O6P.2Na/c1-24(17(23-20)25(2)21)16-6-3-11(8-22-16)14-5-4-12(7-15(14)19)26-9-13(32-18(26)27)10-31-33(28,29)30;;/h3-8,13H,9-10,20-21H2,1-2H3,(H2,28,29,30);;/q;2*+1/p-2/b23-17-;;. The molecule has 1 atom stereocenters. The minimum absolute atomic E-state index is 0. The van der Waals surface area contributed by atoms with Crippen LogP contribution in [0.2, 0.25) is 0 Å². The SMILES string of the molecule is CN(N)/C(=N\N)N(C)c1ccc(-c2ccc(N3CC(COP(=O)([O-])[O-])OC3=O)cc2F)cn1.[Na+].[Na+]. The maximum atomic E-state index is 14.8. The van der Waals surface area contributed by atoms with E-state index in [0.29, 0.717) is 11.4 Å². The summed E-state index contributed by atoms with van der Waals surface area (Å²) in [5, 5.41) is 4.81. The molecule has 0 radical (unpaired) electrons. The van der Waals surface area contributed by atoms with Gasteiger partial charge in [0.1, 0.15) is 17.7 Å². The summed E-state index contributed by atoms with van der Waals surface area (Å²) >= 11 is 0. The van der Waals surface area contributed by atoms with E-state index in [0.717, 1.165) is 11.0 Å². The number of guanidine groups is 1. The van der Waals surface area contributed by atoms with Crippen LogP contribution in [-0.2, 0) is 13.8 Å². The van der Waals surface area contributed by atoms with Crippen molar-refractivity contribution < 1.29 is 91.9 Å². The van der Waals surface area contributed by atoms with Crippen molar-refractivity contribution in [2.24, 2.45) is 16.8 Å². The van der Waals surface area contributed by atoms with Gasteiger partial charge in [-0.1, -0.05) is 0 Å². The monoisotopic (exact) mass is 527 g/mol. The number of hydrazone groups is 1. The molecule has 0 aliphatic carbocycles. The molecule has 35 heavy (non-hydrogen) atoms. The molecule has 0 spiro atoms. The summed E-state index contributed by atoms with van der Waals surface area (Å²) in [6.45, 7) is -0.725. The van der Waals surface area contributed by atoms with Crippen molar-refractivity contribution in [2.75, 3.05) is 37.0 Å². The Labute approximate surface area is 245 Å². The van der Waals surface area contributed by atoms with Crippen LogP contribution in [0.5, 0.6) is 0 Å². The minimum Gasteiger partial charge on any atom is -0.790 e. The maximum Gasteiger partial charge on any atom is 1.00 e. The van der Waals surface area contributed by atoms with Gasteiger partial charge in [0.25, 0.3) is 0 Å². The molecule has 4 N–H and O–H groups in total. The number of aromatic nitrogens is 1. The Morgan fingerprint density at radius 2 is 2.03 bits per heavy atom. The maximum absolute atomic E-state index is 14.8. The van der Waals surface area contributed by atoms with E-state index in [1.807, 2.05) is 0 Å². The van der Waals surface area contributed by atoms with Crippen LogP contribution in [0.15, 0.2) is 41.6 Å². The summed E-state index contributed by atoms with van der Waals surface area (Å²) < 4.78 is 34.5. The summed E-state index contributed by atoms with van der Waals surface area (Å²) in [4.78, 5) is 40.2. The summed E-state index contributed by atoms with van der Waals surface area (Å²) in [7, 11) is -1.98. The van der Waals surface area contributed by atoms with Crippen molar-refractivity contribution >= 4 is 31.4 Å². The third kappa shape index (κ3) is 8.10. The number of hydrogen-bond acceptors (Lipinski definition) is 10. The van der Waals surface area contributed by atoms with Crippen molar-refractivity contribution in [3.05, 3.63) is 42.3 Å². The molecule has 3 rings (SSSR count). The summed E-state index contributed by atoms with van der Waals surface area (Å²) in [6, 6.07) is 7.37. The Kier molecular flexibility index (Phi) is 12.1. The number of rotatable bonds is 6. The number of carbonyl (C=O) groups is 1. The van der Waals surface area contributed by atoms with Crippen LogP contribution in [0, 0.1) is 5.82 Å². The first-order chi connectivity index (χ1) is 15.5. The van der Waals surface area contributed by atoms with Crippen LogP contribution < -0.4 is 90.4 Å². The second-order valence-corrected chi connectivity index (χ2v) is 8.18. The van der Waals surface area contributed by atoms with Crippen molar-refractivity contribution in [3.63, 3.8) is 0 Å². The topological polar surface area (TPSA) is 186 Å². The second-order valence-electron chi connectivity index (χ2n) is 7.03. The Morgan fingerprint density at radius 3 is 2.54 bits per heavy atom. The number of anilines is 2. The number of carbonyl (C=O) groups excluding carboxylic acids is 1. The van der Waals surface area contributed by atoms with Gasteiger partial charge in [-0.25, -0.2) is 20.0 Å². The number of phosphoric acid groups is 1. The van der Waals surface area contributed by atoms with Gasteiger partial charge >= 0.3 is 65.2 Å². The zero-order valence-corrected chi connectivity index (χ0v) is 24.5. The second kappa shape index (κ2) is 13.3. The van der Waals surface area contributed by atoms with Gasteiger partial charge in [-0.15, -0.1) is 5.10 Å². The number of amides is 1. The quantitative estimate of drug-likeness (QED) is 0.0909. The number of benzene rings is 1. The van der Waals surface area contributed by atoms with Crippen molar-refractivity contribution in [1.29, 1.82) is 0 Å². The Morgan fingerprint density at radius 1 is 1.34 bits per heavy atom. The third-order valence-corrected chi connectivity index (χ3v) is 5.16. The van der Waals surface area contributed by atoms with Crippen LogP contribution in [0.1, 0.15) is 0 Å². The van der Waals surface area contributed by atoms with Crippen molar-refractivity contribution in [3.8, 4) is 11.1 Å². The molecule has 1 aliphatic rings. The number of nitrogens with two attached hydrogens (primary N) is 2. The first-order valence-electron chi connectivity index (χ1n) is 9.41. The van der Waals surface area contributed by atoms with Gasteiger partial charge < -0.3 is 29.5 Å². The number of phosphoric ester groups is 1. The molecule has 1 aromatic heterocycles. The largest absolute Gasteiger partial charge is 1.00 e. The van der Waals surface area contributed by atoms with E-state index in [1.54, 1.807) is 31.1 Å². The average Bonchev–Trinajstić information content (AvgIpc) is 3.12. The fourth-order valence-electron chi connectivity index (χ4n) is 3.16. The van der Waals surface area contributed by atoms with Crippen LogP contribution in [0.3, 0.4) is 0 Å². The molecule has 1 aliphatic heterocycles. The number of cyclic esters (lactones) is 1. The van der Waals surface area contributed by atoms with Gasteiger partial charge in [0.05, 0.1) is 26.7 Å². The molecule has 13 nitrogen and oxygen atoms in total. The zero-order valence-electron chi connectivity index (χ0n) is 19.6. The van der Waals surface area contributed by atoms with E-state index < -0.39 is 32.4 Å². The number of hydrogen-bond donors (Lipinski definition) is 2. The molecule has 2 heterocycles. The smallest absolute Gasteiger partial charge is 0.790 e. The molecule has 1 saturated heterocycles. The molecule has 2 aromatic rings. The van der Waals surface area contributed by atoms with Crippen LogP contribution in [0.4, 0.5) is 20.7 Å². The van der Waals surface area contributed by atoms with Gasteiger partial charge in [-0.05, 0) is 30.3 Å². The van der Waals surface area contributed by atoms with E-state index >= 15 is 0 Å². The molecule has 1 aromatic carbocycles. The minimum atomic E-state index is -5.20. The van der Waals surface area contributed by atoms with Gasteiger partial charge in [-0.3, -0.25) is 14.8 Å². The number of halogens is 1. The van der Waals surface area contributed by atoms with Gasteiger partial charge in [0.15, 0.2) is 0 Å². The normalized spacial score (nSPS) is 15.7. The van der Waals surface area contributed by atoms with Crippen LogP contribution in [0.25, 0.3) is 11.1 Å². The molecule has 17 heteroatoms. The van der Waals surface area contributed by atoms with E-state index in [2.05, 4.69) is 14.6 Å². The first kappa shape index (κ1) is 31.7. The van der Waals surface area contributed by atoms with Gasteiger partial charge in [-0.2, -0.15) is 0 Å².